The molecule has 12 rings (SSSR count). The lowest BCUT2D eigenvalue weighted by atomic mass is 9.67. The highest BCUT2D eigenvalue weighted by Crippen LogP contribution is 2.57. The Bertz CT molecular complexity index is 3400. The zero-order valence-electron chi connectivity index (χ0n) is 37.4. The number of hydrogen-bond acceptors (Lipinski definition) is 5. The van der Waals surface area contributed by atoms with Gasteiger partial charge in [0.25, 0.3) is 0 Å². The van der Waals surface area contributed by atoms with E-state index in [1.165, 1.54) is 0 Å². The van der Waals surface area contributed by atoms with Gasteiger partial charge in [-0.25, -0.2) is 19.9 Å². The zero-order valence-corrected chi connectivity index (χ0v) is 37.4. The summed E-state index contributed by atoms with van der Waals surface area (Å²) < 4.78 is 0. The minimum Gasteiger partial charge on any atom is -0.228 e. The standard InChI is InChI=1S/C64H41N5/c65-42-43-31-33-54-55-34-32-48(39-57(55)64(56(54)35-43,52-27-15-5-16-28-52)53-29-17-6-18-30-53)49-36-50(60-40-58(44-19-7-1-8-20-44)66-62(68-60)46-23-11-3-12-24-46)38-51(37-49)61-41-59(45-21-9-2-10-22-45)67-63(69-61)47-25-13-4-14-26-47/h1-41H. The highest BCUT2D eigenvalue weighted by atomic mass is 14.9. The summed E-state index contributed by atoms with van der Waals surface area (Å²) >= 11 is 0. The second kappa shape index (κ2) is 17.5. The number of fused-ring (bicyclic) bond motifs is 3. The Morgan fingerprint density at radius 1 is 0.290 bits per heavy atom. The third-order valence-corrected chi connectivity index (χ3v) is 13.2. The molecule has 0 aliphatic heterocycles. The summed E-state index contributed by atoms with van der Waals surface area (Å²) in [6, 6.07) is 88.6. The molecule has 5 heteroatoms. The van der Waals surface area contributed by atoms with Crippen LogP contribution in [0.15, 0.2) is 249 Å². The molecule has 0 saturated carbocycles. The maximum Gasteiger partial charge on any atom is 0.160 e. The number of aromatic nitrogens is 4. The summed E-state index contributed by atoms with van der Waals surface area (Å²) in [5.41, 5.74) is 17.6. The van der Waals surface area contributed by atoms with Crippen LogP contribution in [-0.4, -0.2) is 19.9 Å². The topological polar surface area (TPSA) is 75.3 Å². The van der Waals surface area contributed by atoms with Gasteiger partial charge in [0.2, 0.25) is 0 Å². The number of nitriles is 1. The SMILES string of the molecule is N#Cc1ccc2c(c1)C(c1ccccc1)(c1ccccc1)c1cc(-c3cc(-c4cc(-c5ccccc5)nc(-c5ccccc5)n4)cc(-c4cc(-c5ccccc5)nc(-c5ccccc5)n4)c3)ccc1-2. The molecule has 5 nitrogen and oxygen atoms in total. The highest BCUT2D eigenvalue weighted by Gasteiger charge is 2.46. The largest absolute Gasteiger partial charge is 0.228 e. The van der Waals surface area contributed by atoms with Crippen LogP contribution in [0.3, 0.4) is 0 Å². The van der Waals surface area contributed by atoms with Gasteiger partial charge in [-0.05, 0) is 93.0 Å². The second-order valence-corrected chi connectivity index (χ2v) is 17.3. The van der Waals surface area contributed by atoms with E-state index in [4.69, 9.17) is 19.9 Å². The summed E-state index contributed by atoms with van der Waals surface area (Å²) in [7, 11) is 0. The third kappa shape index (κ3) is 7.47. The van der Waals surface area contributed by atoms with Gasteiger partial charge in [0, 0.05) is 33.4 Å². The Morgan fingerprint density at radius 2 is 0.652 bits per heavy atom. The first-order valence-corrected chi connectivity index (χ1v) is 23.1. The molecule has 0 atom stereocenters. The van der Waals surface area contributed by atoms with Crippen LogP contribution in [0.5, 0.6) is 0 Å². The minimum atomic E-state index is -0.708. The van der Waals surface area contributed by atoms with E-state index in [9.17, 15) is 5.26 Å². The van der Waals surface area contributed by atoms with Crippen molar-refractivity contribution in [2.45, 2.75) is 5.41 Å². The smallest absolute Gasteiger partial charge is 0.160 e. The van der Waals surface area contributed by atoms with Gasteiger partial charge in [-0.2, -0.15) is 5.26 Å². The Hall–Kier alpha value is -9.37. The maximum atomic E-state index is 10.3. The van der Waals surface area contributed by atoms with Crippen LogP contribution in [0.4, 0.5) is 0 Å². The predicted molar refractivity (Wildman–Crippen MR) is 278 cm³/mol. The molecule has 0 fully saturated rings. The quantitative estimate of drug-likeness (QED) is 0.144. The monoisotopic (exact) mass is 879 g/mol. The van der Waals surface area contributed by atoms with Crippen molar-refractivity contribution in [3.63, 3.8) is 0 Å². The van der Waals surface area contributed by atoms with Crippen molar-refractivity contribution < 1.29 is 0 Å². The molecule has 322 valence electrons. The van der Waals surface area contributed by atoms with Crippen molar-refractivity contribution in [1.82, 2.24) is 19.9 Å². The van der Waals surface area contributed by atoms with E-state index < -0.39 is 5.41 Å². The maximum absolute atomic E-state index is 10.3. The number of rotatable bonds is 9. The van der Waals surface area contributed by atoms with Crippen LogP contribution in [0, 0.1) is 11.3 Å². The summed E-state index contributed by atoms with van der Waals surface area (Å²) in [4.78, 5) is 21.0. The lowest BCUT2D eigenvalue weighted by molar-refractivity contribution is 0.768. The summed E-state index contributed by atoms with van der Waals surface area (Å²) in [6.45, 7) is 0. The van der Waals surface area contributed by atoms with Gasteiger partial charge < -0.3 is 0 Å². The Kier molecular flexibility index (Phi) is 10.4. The highest BCUT2D eigenvalue weighted by molar-refractivity contribution is 5.90. The van der Waals surface area contributed by atoms with E-state index in [0.29, 0.717) is 17.2 Å². The lowest BCUT2D eigenvalue weighted by Crippen LogP contribution is -2.28. The van der Waals surface area contributed by atoms with Gasteiger partial charge in [0.1, 0.15) is 0 Å². The van der Waals surface area contributed by atoms with Gasteiger partial charge >= 0.3 is 0 Å². The van der Waals surface area contributed by atoms with E-state index in [1.807, 2.05) is 78.9 Å². The van der Waals surface area contributed by atoms with Gasteiger partial charge in [-0.1, -0.05) is 200 Å². The van der Waals surface area contributed by atoms with Crippen LogP contribution in [0.2, 0.25) is 0 Å². The molecule has 0 amide bonds. The first-order valence-electron chi connectivity index (χ1n) is 23.1. The van der Waals surface area contributed by atoms with Crippen molar-refractivity contribution >= 4 is 0 Å². The van der Waals surface area contributed by atoms with Crippen molar-refractivity contribution in [3.05, 3.63) is 277 Å². The fourth-order valence-corrected chi connectivity index (χ4v) is 9.96. The Labute approximate surface area is 401 Å². The summed E-state index contributed by atoms with van der Waals surface area (Å²) in [5.74, 6) is 1.28. The second-order valence-electron chi connectivity index (χ2n) is 17.3. The molecule has 0 spiro atoms. The number of nitrogens with zero attached hydrogens (tertiary/aromatic N) is 5. The van der Waals surface area contributed by atoms with E-state index in [2.05, 4.69) is 176 Å². The Balaban J connectivity index is 1.13. The number of benzene rings is 9. The molecule has 0 saturated heterocycles. The molecule has 1 aliphatic rings. The van der Waals surface area contributed by atoms with E-state index in [-0.39, 0.29) is 0 Å². The van der Waals surface area contributed by atoms with Gasteiger partial charge in [0.15, 0.2) is 11.6 Å². The predicted octanol–water partition coefficient (Wildman–Crippen LogP) is 15.2. The molecule has 9 aromatic carbocycles. The fourth-order valence-electron chi connectivity index (χ4n) is 9.96. The molecule has 11 aromatic rings. The number of hydrogen-bond donors (Lipinski definition) is 0. The minimum absolute atomic E-state index is 0.625. The van der Waals surface area contributed by atoms with E-state index >= 15 is 0 Å². The van der Waals surface area contributed by atoms with Crippen LogP contribution in [-0.2, 0) is 5.41 Å². The van der Waals surface area contributed by atoms with E-state index in [1.54, 1.807) is 0 Å². The first-order chi connectivity index (χ1) is 34.1. The van der Waals surface area contributed by atoms with Gasteiger partial charge in [0.05, 0.1) is 39.8 Å². The van der Waals surface area contributed by atoms with Gasteiger partial charge in [-0.3, -0.25) is 0 Å². The van der Waals surface area contributed by atoms with E-state index in [0.717, 1.165) is 101 Å². The van der Waals surface area contributed by atoms with Crippen molar-refractivity contribution in [2.75, 3.05) is 0 Å². The third-order valence-electron chi connectivity index (χ3n) is 13.2. The Morgan fingerprint density at radius 3 is 1.09 bits per heavy atom. The zero-order chi connectivity index (χ0) is 46.2. The average Bonchev–Trinajstić information content (AvgIpc) is 3.73. The normalized spacial score (nSPS) is 12.2. The van der Waals surface area contributed by atoms with Gasteiger partial charge in [-0.15, -0.1) is 0 Å². The van der Waals surface area contributed by atoms with Crippen LogP contribution in [0.1, 0.15) is 27.8 Å². The molecule has 2 aromatic heterocycles. The van der Waals surface area contributed by atoms with Crippen LogP contribution >= 0.6 is 0 Å². The van der Waals surface area contributed by atoms with Crippen molar-refractivity contribution in [3.8, 4) is 96.1 Å². The molecule has 69 heavy (non-hydrogen) atoms. The average molecular weight is 880 g/mol. The first kappa shape index (κ1) is 41.1. The molecule has 0 bridgehead atoms. The molecular formula is C64H41N5. The van der Waals surface area contributed by atoms with Crippen LogP contribution in [0.25, 0.3) is 90.1 Å². The van der Waals surface area contributed by atoms with Crippen molar-refractivity contribution in [2.24, 2.45) is 0 Å². The fraction of sp³-hybridized carbons (Fsp3) is 0.0156. The summed E-state index contributed by atoms with van der Waals surface area (Å²) in [6.07, 6.45) is 0. The molecule has 2 heterocycles. The van der Waals surface area contributed by atoms with Crippen molar-refractivity contribution in [1.29, 1.82) is 5.26 Å². The molecule has 0 N–H and O–H groups in total. The molecule has 0 radical (unpaired) electrons. The van der Waals surface area contributed by atoms with Crippen LogP contribution < -0.4 is 0 Å². The summed E-state index contributed by atoms with van der Waals surface area (Å²) in [5, 5.41) is 10.3. The molecule has 1 aliphatic carbocycles. The molecule has 0 unspecified atom stereocenters. The molecular weight excluding hydrogens is 839 g/mol. The lowest BCUT2D eigenvalue weighted by Gasteiger charge is -2.34.